The van der Waals surface area contributed by atoms with Gasteiger partial charge in [-0.15, -0.1) is 0 Å². The second-order valence-electron chi connectivity index (χ2n) is 8.64. The van der Waals surface area contributed by atoms with Gasteiger partial charge in [0.05, 0.1) is 11.1 Å². The zero-order chi connectivity index (χ0) is 24.8. The van der Waals surface area contributed by atoms with Gasteiger partial charge >= 0.3 is 0 Å². The maximum atomic E-state index is 14.0. The lowest BCUT2D eigenvalue weighted by atomic mass is 9.93. The van der Waals surface area contributed by atoms with Crippen molar-refractivity contribution < 1.29 is 18.4 Å². The molecule has 0 aromatic rings. The standard InChI is InChI=1S/C24H31BClF2N3O2/c1-16(12-21(28)22(25)17(2)27)29-23(33)19(15-32)13-24(3)10-7-11-31(24)30(4)14-18-8-5-6-9-20(18)26/h8-9,12-13,15H,2,5-7,10-11,14,25H2,1,3-4H3,(H,29,33)/b16-12+,19-13+,22-21-. The third kappa shape index (κ3) is 7.10. The Morgan fingerprint density at radius 3 is 2.67 bits per heavy atom. The SMILES string of the molecule is B/C(C(=C)F)=C(F)/C=C(\C)NC(=O)/C(C=O)=C/C1(C)CCCN1N(C)CC1=CCCC=C1Cl. The van der Waals surface area contributed by atoms with Crippen LogP contribution in [0, 0.1) is 0 Å². The molecule has 1 saturated heterocycles. The first-order chi connectivity index (χ1) is 15.5. The number of nitrogens with one attached hydrogen (secondary N) is 1. The average molecular weight is 478 g/mol. The highest BCUT2D eigenvalue weighted by Gasteiger charge is 2.38. The number of hydrazine groups is 1. The van der Waals surface area contributed by atoms with Crippen LogP contribution in [-0.4, -0.2) is 55.7 Å². The van der Waals surface area contributed by atoms with Crippen LogP contribution in [0.3, 0.4) is 0 Å². The average Bonchev–Trinajstić information content (AvgIpc) is 3.14. The minimum atomic E-state index is -0.893. The van der Waals surface area contributed by atoms with E-state index < -0.39 is 23.1 Å². The van der Waals surface area contributed by atoms with E-state index in [-0.39, 0.29) is 16.7 Å². The molecule has 0 aromatic carbocycles. The Kier molecular flexibility index (Phi) is 9.58. The molecule has 1 aliphatic carbocycles. The molecule has 9 heteroatoms. The van der Waals surface area contributed by atoms with Crippen LogP contribution < -0.4 is 5.32 Å². The quantitative estimate of drug-likeness (QED) is 0.136. The third-order valence-electron chi connectivity index (χ3n) is 5.92. The van der Waals surface area contributed by atoms with Gasteiger partial charge in [0.25, 0.3) is 5.91 Å². The Hall–Kier alpha value is -2.29. The number of carbonyl (C=O) groups excluding carboxylic acids is 2. The molecule has 1 amide bonds. The molecule has 2 rings (SSSR count). The minimum Gasteiger partial charge on any atom is -0.326 e. The summed E-state index contributed by atoms with van der Waals surface area (Å²) in [5.74, 6) is -2.40. The molecule has 33 heavy (non-hydrogen) atoms. The minimum absolute atomic E-state index is 0.0589. The molecule has 0 bridgehead atoms. The van der Waals surface area contributed by atoms with Gasteiger partial charge in [0.1, 0.15) is 19.5 Å². The van der Waals surface area contributed by atoms with E-state index in [2.05, 4.69) is 28.0 Å². The lowest BCUT2D eigenvalue weighted by Gasteiger charge is -2.40. The predicted molar refractivity (Wildman–Crippen MR) is 131 cm³/mol. The largest absolute Gasteiger partial charge is 0.326 e. The van der Waals surface area contributed by atoms with Gasteiger partial charge < -0.3 is 5.32 Å². The number of hydrogen-bond donors (Lipinski definition) is 1. The zero-order valence-electron chi connectivity index (χ0n) is 19.7. The number of rotatable bonds is 9. The van der Waals surface area contributed by atoms with Gasteiger partial charge in [0, 0.05) is 30.9 Å². The van der Waals surface area contributed by atoms with E-state index in [4.69, 9.17) is 11.6 Å². The van der Waals surface area contributed by atoms with Crippen LogP contribution in [0.1, 0.15) is 39.5 Å². The summed E-state index contributed by atoms with van der Waals surface area (Å²) in [6, 6.07) is 0. The maximum absolute atomic E-state index is 14.0. The molecule has 2 aliphatic rings. The Morgan fingerprint density at radius 1 is 1.39 bits per heavy atom. The molecule has 1 N–H and O–H groups in total. The topological polar surface area (TPSA) is 52.7 Å². The van der Waals surface area contributed by atoms with Crippen molar-refractivity contribution in [3.05, 3.63) is 69.9 Å². The summed E-state index contributed by atoms with van der Waals surface area (Å²) in [7, 11) is 3.21. The van der Waals surface area contributed by atoms with Crippen LogP contribution in [0.2, 0.25) is 0 Å². The second-order valence-corrected chi connectivity index (χ2v) is 9.04. The summed E-state index contributed by atoms with van der Waals surface area (Å²) < 4.78 is 27.1. The van der Waals surface area contributed by atoms with Crippen LogP contribution >= 0.6 is 11.6 Å². The highest BCUT2D eigenvalue weighted by atomic mass is 35.5. The lowest BCUT2D eigenvalue weighted by Crippen LogP contribution is -2.50. The van der Waals surface area contributed by atoms with Crippen molar-refractivity contribution in [3.8, 4) is 0 Å². The van der Waals surface area contributed by atoms with Gasteiger partial charge in [0.15, 0.2) is 6.29 Å². The Labute approximate surface area is 200 Å². The molecule has 0 aromatic heterocycles. The van der Waals surface area contributed by atoms with Crippen LogP contribution in [0.4, 0.5) is 8.78 Å². The first-order valence-electron chi connectivity index (χ1n) is 10.9. The Morgan fingerprint density at radius 2 is 2.06 bits per heavy atom. The number of amides is 1. The maximum Gasteiger partial charge on any atom is 0.258 e. The summed E-state index contributed by atoms with van der Waals surface area (Å²) in [4.78, 5) is 24.4. The highest BCUT2D eigenvalue weighted by Crippen LogP contribution is 2.33. The van der Waals surface area contributed by atoms with Crippen LogP contribution in [0.15, 0.2) is 69.9 Å². The number of allylic oxidation sites excluding steroid dienone is 7. The summed E-state index contributed by atoms with van der Waals surface area (Å²) in [5, 5.41) is 7.44. The Balaban J connectivity index is 2.18. The molecule has 1 fully saturated rings. The summed E-state index contributed by atoms with van der Waals surface area (Å²) in [5.41, 5.74) is 0.325. The van der Waals surface area contributed by atoms with Crippen molar-refractivity contribution in [2.24, 2.45) is 0 Å². The molecule has 0 spiro atoms. The van der Waals surface area contributed by atoms with Crippen molar-refractivity contribution in [2.75, 3.05) is 20.1 Å². The summed E-state index contributed by atoms with van der Waals surface area (Å²) >= 11 is 6.35. The van der Waals surface area contributed by atoms with Crippen molar-refractivity contribution in [3.63, 3.8) is 0 Å². The van der Waals surface area contributed by atoms with Crippen LogP contribution in [0.25, 0.3) is 0 Å². The normalized spacial score (nSPS) is 23.1. The van der Waals surface area contributed by atoms with Crippen molar-refractivity contribution in [1.82, 2.24) is 15.3 Å². The molecule has 0 radical (unpaired) electrons. The monoisotopic (exact) mass is 477 g/mol. The number of hydrogen-bond acceptors (Lipinski definition) is 4. The smallest absolute Gasteiger partial charge is 0.258 e. The fourth-order valence-electron chi connectivity index (χ4n) is 4.05. The van der Waals surface area contributed by atoms with Crippen LogP contribution in [0.5, 0.6) is 0 Å². The van der Waals surface area contributed by atoms with Crippen molar-refractivity contribution in [1.29, 1.82) is 0 Å². The fourth-order valence-corrected chi connectivity index (χ4v) is 4.30. The van der Waals surface area contributed by atoms with Crippen molar-refractivity contribution >= 4 is 31.6 Å². The van der Waals surface area contributed by atoms with Crippen molar-refractivity contribution in [2.45, 2.75) is 45.1 Å². The number of carbonyl (C=O) groups is 2. The molecule has 1 unspecified atom stereocenters. The van der Waals surface area contributed by atoms with E-state index >= 15 is 0 Å². The number of halogens is 3. The van der Waals surface area contributed by atoms with E-state index in [9.17, 15) is 18.4 Å². The molecule has 5 nitrogen and oxygen atoms in total. The Bertz CT molecular complexity index is 971. The summed E-state index contributed by atoms with van der Waals surface area (Å²) in [6.45, 7) is 7.88. The van der Waals surface area contributed by atoms with Gasteiger partial charge in [-0.3, -0.25) is 9.59 Å². The van der Waals surface area contributed by atoms with E-state index in [1.165, 1.54) is 14.8 Å². The second kappa shape index (κ2) is 11.7. The number of nitrogens with zero attached hydrogens (tertiary/aromatic N) is 2. The van der Waals surface area contributed by atoms with Gasteiger partial charge in [-0.1, -0.05) is 30.3 Å². The molecule has 1 atom stereocenters. The van der Waals surface area contributed by atoms with Gasteiger partial charge in [-0.25, -0.2) is 18.8 Å². The predicted octanol–water partition coefficient (Wildman–Crippen LogP) is 3.97. The zero-order valence-corrected chi connectivity index (χ0v) is 20.4. The van der Waals surface area contributed by atoms with Gasteiger partial charge in [0.2, 0.25) is 0 Å². The van der Waals surface area contributed by atoms with Gasteiger partial charge in [-0.05, 0) is 62.7 Å². The molecule has 0 saturated carbocycles. The number of aldehydes is 1. The number of likely N-dealkylation sites (N-methyl/N-ethyl adjacent to an activating group) is 1. The summed E-state index contributed by atoms with van der Waals surface area (Å²) in [6.07, 6.45) is 10.8. The molecular weight excluding hydrogens is 447 g/mol. The van der Waals surface area contributed by atoms with E-state index in [1.54, 1.807) is 6.08 Å². The van der Waals surface area contributed by atoms with Crippen LogP contribution in [-0.2, 0) is 9.59 Å². The molecule has 1 aliphatic heterocycles. The van der Waals surface area contributed by atoms with E-state index in [0.717, 1.165) is 48.9 Å². The fraction of sp³-hybridized carbons (Fsp3) is 0.417. The third-order valence-corrected chi connectivity index (χ3v) is 6.31. The highest BCUT2D eigenvalue weighted by molar-refractivity contribution is 6.32. The first-order valence-corrected chi connectivity index (χ1v) is 11.3. The first kappa shape index (κ1) is 27.0. The van der Waals surface area contributed by atoms with E-state index in [1.807, 2.05) is 20.0 Å². The van der Waals surface area contributed by atoms with E-state index in [0.29, 0.717) is 12.8 Å². The van der Waals surface area contributed by atoms with Gasteiger partial charge in [-0.2, -0.15) is 0 Å². The molecular formula is C24H31BClF2N3O2. The lowest BCUT2D eigenvalue weighted by molar-refractivity contribution is -0.118. The molecule has 178 valence electrons. The molecule has 1 heterocycles.